The molecule has 2 aliphatic heterocycles. The average Bonchev–Trinajstić information content (AvgIpc) is 2.79. The van der Waals surface area contributed by atoms with Gasteiger partial charge in [-0.25, -0.2) is 4.79 Å². The first-order valence-electron chi connectivity index (χ1n) is 10.7. The van der Waals surface area contributed by atoms with E-state index in [1.807, 2.05) is 13.0 Å². The molecule has 0 radical (unpaired) electrons. The molecule has 2 aromatic carbocycles. The van der Waals surface area contributed by atoms with Gasteiger partial charge in [-0.2, -0.15) is 0 Å². The number of rotatable bonds is 4. The van der Waals surface area contributed by atoms with E-state index in [1.54, 1.807) is 19.0 Å². The van der Waals surface area contributed by atoms with Gasteiger partial charge in [-0.15, -0.1) is 0 Å². The van der Waals surface area contributed by atoms with Gasteiger partial charge in [0.25, 0.3) is 0 Å². The maximum atomic E-state index is 11.9. The number of hydrogen-bond acceptors (Lipinski definition) is 4. The Labute approximate surface area is 178 Å². The number of nitrogens with zero attached hydrogens (tertiary/aromatic N) is 2. The first kappa shape index (κ1) is 20.4. The van der Waals surface area contributed by atoms with E-state index < -0.39 is 0 Å². The smallest absolute Gasteiger partial charge is 0.317 e. The molecule has 2 aliphatic rings. The maximum Gasteiger partial charge on any atom is 0.317 e. The molecule has 0 bridgehead atoms. The molecule has 1 saturated heterocycles. The van der Waals surface area contributed by atoms with Crippen LogP contribution >= 0.6 is 0 Å². The number of fused-ring (bicyclic) bond motifs is 1. The number of carbonyl (C=O) groups excluding carboxylic acids is 1. The van der Waals surface area contributed by atoms with Crippen molar-refractivity contribution in [1.82, 2.24) is 10.2 Å². The van der Waals surface area contributed by atoms with Crippen molar-refractivity contribution >= 4 is 11.7 Å². The molecule has 0 aromatic heterocycles. The highest BCUT2D eigenvalue weighted by molar-refractivity contribution is 5.74. The molecular formula is C24H31N3O3. The van der Waals surface area contributed by atoms with Gasteiger partial charge in [-0.05, 0) is 48.9 Å². The fourth-order valence-electron chi connectivity index (χ4n) is 4.15. The van der Waals surface area contributed by atoms with E-state index in [2.05, 4.69) is 46.6 Å². The lowest BCUT2D eigenvalue weighted by Crippen LogP contribution is -2.36. The summed E-state index contributed by atoms with van der Waals surface area (Å²) in [6, 6.07) is 14.9. The summed E-state index contributed by atoms with van der Waals surface area (Å²) in [4.78, 5) is 15.9. The van der Waals surface area contributed by atoms with Crippen molar-refractivity contribution in [3.63, 3.8) is 0 Å². The third kappa shape index (κ3) is 4.48. The van der Waals surface area contributed by atoms with Gasteiger partial charge in [-0.1, -0.05) is 24.3 Å². The number of amides is 2. The summed E-state index contributed by atoms with van der Waals surface area (Å²) < 4.78 is 11.4. The molecule has 0 spiro atoms. The van der Waals surface area contributed by atoms with Crippen LogP contribution in [0.25, 0.3) is 0 Å². The van der Waals surface area contributed by atoms with E-state index in [9.17, 15) is 4.79 Å². The van der Waals surface area contributed by atoms with Crippen LogP contribution in [0.15, 0.2) is 42.5 Å². The first-order valence-corrected chi connectivity index (χ1v) is 10.7. The van der Waals surface area contributed by atoms with Crippen LogP contribution in [0.5, 0.6) is 11.5 Å². The van der Waals surface area contributed by atoms with E-state index in [0.29, 0.717) is 19.1 Å². The van der Waals surface area contributed by atoms with E-state index in [4.69, 9.17) is 9.47 Å². The molecule has 2 aromatic rings. The Morgan fingerprint density at radius 2 is 1.70 bits per heavy atom. The molecular weight excluding hydrogens is 378 g/mol. The number of benzene rings is 2. The lowest BCUT2D eigenvalue weighted by molar-refractivity contribution is 0.171. The Balaban J connectivity index is 1.34. The monoisotopic (exact) mass is 409 g/mol. The summed E-state index contributed by atoms with van der Waals surface area (Å²) in [6.45, 7) is 5.31. The Morgan fingerprint density at radius 3 is 2.37 bits per heavy atom. The van der Waals surface area contributed by atoms with Crippen LogP contribution in [-0.2, 0) is 0 Å². The lowest BCUT2D eigenvalue weighted by atomic mass is 9.88. The van der Waals surface area contributed by atoms with Gasteiger partial charge < -0.3 is 24.6 Å². The minimum atomic E-state index is -0.0712. The molecule has 0 aliphatic carbocycles. The Morgan fingerprint density at radius 1 is 1.03 bits per heavy atom. The van der Waals surface area contributed by atoms with Crippen LogP contribution in [0.3, 0.4) is 0 Å². The summed E-state index contributed by atoms with van der Waals surface area (Å²) in [5.74, 6) is 2.27. The molecule has 4 rings (SSSR count). The van der Waals surface area contributed by atoms with Crippen LogP contribution < -0.4 is 19.7 Å². The van der Waals surface area contributed by atoms with Gasteiger partial charge in [0.2, 0.25) is 0 Å². The molecule has 6 heteroatoms. The highest BCUT2D eigenvalue weighted by atomic mass is 16.6. The SMILES string of the molecule is C[C@H](NC(=O)N(C)C)c1ccc(C2CCN(c3ccc4c(c3)OCCO4)CC2)cc1. The predicted molar refractivity (Wildman–Crippen MR) is 119 cm³/mol. The molecule has 1 atom stereocenters. The van der Waals surface area contributed by atoms with Crippen molar-refractivity contribution in [1.29, 1.82) is 0 Å². The third-order valence-electron chi connectivity index (χ3n) is 6.04. The van der Waals surface area contributed by atoms with E-state index in [1.165, 1.54) is 11.3 Å². The summed E-state index contributed by atoms with van der Waals surface area (Å²) >= 11 is 0. The zero-order valence-corrected chi connectivity index (χ0v) is 18.1. The predicted octanol–water partition coefficient (Wildman–Crippen LogP) is 4.17. The first-order chi connectivity index (χ1) is 14.5. The van der Waals surface area contributed by atoms with Crippen molar-refractivity contribution < 1.29 is 14.3 Å². The molecule has 160 valence electrons. The van der Waals surface area contributed by atoms with Gasteiger partial charge >= 0.3 is 6.03 Å². The topological polar surface area (TPSA) is 54.0 Å². The van der Waals surface area contributed by atoms with Crippen LogP contribution in [0.2, 0.25) is 0 Å². The molecule has 0 unspecified atom stereocenters. The molecule has 1 fully saturated rings. The van der Waals surface area contributed by atoms with Crippen LogP contribution in [0, 0.1) is 0 Å². The number of hydrogen-bond donors (Lipinski definition) is 1. The van der Waals surface area contributed by atoms with Gasteiger partial charge in [0.15, 0.2) is 11.5 Å². The largest absolute Gasteiger partial charge is 0.486 e. The van der Waals surface area contributed by atoms with Crippen molar-refractivity contribution in [2.24, 2.45) is 0 Å². The zero-order valence-electron chi connectivity index (χ0n) is 18.1. The average molecular weight is 410 g/mol. The fourth-order valence-corrected chi connectivity index (χ4v) is 4.15. The second-order valence-electron chi connectivity index (χ2n) is 8.32. The normalized spacial score (nSPS) is 17.4. The van der Waals surface area contributed by atoms with Crippen LogP contribution in [0.1, 0.15) is 42.9 Å². The van der Waals surface area contributed by atoms with E-state index in [-0.39, 0.29) is 12.1 Å². The molecule has 2 heterocycles. The minimum absolute atomic E-state index is 0.00833. The second-order valence-corrected chi connectivity index (χ2v) is 8.32. The van der Waals surface area contributed by atoms with Crippen LogP contribution in [-0.4, -0.2) is 51.3 Å². The lowest BCUT2D eigenvalue weighted by Gasteiger charge is -2.34. The Kier molecular flexibility index (Phi) is 6.02. The fraction of sp³-hybridized carbons (Fsp3) is 0.458. The maximum absolute atomic E-state index is 11.9. The van der Waals surface area contributed by atoms with Crippen LogP contribution in [0.4, 0.5) is 10.5 Å². The van der Waals surface area contributed by atoms with Crippen molar-refractivity contribution in [3.8, 4) is 11.5 Å². The van der Waals surface area contributed by atoms with Gasteiger partial charge in [0, 0.05) is 38.9 Å². The quantitative estimate of drug-likeness (QED) is 0.823. The standard InChI is InChI=1S/C24H31N3O3/c1-17(25-24(28)26(2)3)18-4-6-19(7-5-18)20-10-12-27(13-11-20)21-8-9-22-23(16-21)30-15-14-29-22/h4-9,16-17,20H,10-15H2,1-3H3,(H,25,28)/t17-/m0/s1. The van der Waals surface area contributed by atoms with Crippen molar-refractivity contribution in [2.45, 2.75) is 31.7 Å². The number of piperidine rings is 1. The van der Waals surface area contributed by atoms with Gasteiger partial charge in [0.1, 0.15) is 13.2 Å². The number of nitrogens with one attached hydrogen (secondary N) is 1. The molecule has 6 nitrogen and oxygen atoms in total. The Bertz CT molecular complexity index is 874. The van der Waals surface area contributed by atoms with Crippen molar-refractivity contribution in [2.75, 3.05) is 45.3 Å². The third-order valence-corrected chi connectivity index (χ3v) is 6.04. The molecule has 30 heavy (non-hydrogen) atoms. The summed E-state index contributed by atoms with van der Waals surface area (Å²) in [6.07, 6.45) is 2.25. The van der Waals surface area contributed by atoms with Gasteiger partial charge in [-0.3, -0.25) is 0 Å². The highest BCUT2D eigenvalue weighted by Crippen LogP contribution is 2.36. The van der Waals surface area contributed by atoms with E-state index in [0.717, 1.165) is 43.0 Å². The highest BCUT2D eigenvalue weighted by Gasteiger charge is 2.22. The second kappa shape index (κ2) is 8.86. The number of carbonyl (C=O) groups is 1. The zero-order chi connectivity index (χ0) is 21.1. The molecule has 2 amide bonds. The summed E-state index contributed by atoms with van der Waals surface area (Å²) in [7, 11) is 3.50. The summed E-state index contributed by atoms with van der Waals surface area (Å²) in [5, 5.41) is 3.00. The number of ether oxygens (including phenoxy) is 2. The molecule has 0 saturated carbocycles. The Hall–Kier alpha value is -2.89. The molecule has 1 N–H and O–H groups in total. The summed E-state index contributed by atoms with van der Waals surface area (Å²) in [5.41, 5.74) is 3.72. The number of anilines is 1. The van der Waals surface area contributed by atoms with Crippen molar-refractivity contribution in [3.05, 3.63) is 53.6 Å². The van der Waals surface area contributed by atoms with Gasteiger partial charge in [0.05, 0.1) is 6.04 Å². The van der Waals surface area contributed by atoms with E-state index >= 15 is 0 Å². The number of urea groups is 1. The minimum Gasteiger partial charge on any atom is -0.486 e.